The molecule has 8 nitrogen and oxygen atoms in total. The predicted molar refractivity (Wildman–Crippen MR) is 198 cm³/mol. The summed E-state index contributed by atoms with van der Waals surface area (Å²) in [5, 5.41) is 4.26. The number of thiophene rings is 1. The van der Waals surface area contributed by atoms with Gasteiger partial charge in [0, 0.05) is 45.7 Å². The molecule has 0 bridgehead atoms. The van der Waals surface area contributed by atoms with Crippen molar-refractivity contribution in [3.05, 3.63) is 62.4 Å². The van der Waals surface area contributed by atoms with Crippen LogP contribution in [0.2, 0.25) is 15.1 Å². The molecule has 2 aromatic carbocycles. The molecule has 5 rings (SSSR count). The van der Waals surface area contributed by atoms with Crippen LogP contribution in [0.1, 0.15) is 81.8 Å². The lowest BCUT2D eigenvalue weighted by Crippen LogP contribution is -2.52. The van der Waals surface area contributed by atoms with E-state index in [1.807, 2.05) is 23.1 Å². The molecule has 2 aliphatic rings. The molecule has 1 saturated carbocycles. The monoisotopic (exact) mass is 747 g/mol. The Morgan fingerprint density at radius 2 is 1.63 bits per heavy atom. The molecule has 0 atom stereocenters. The number of nitrogens with two attached hydrogens (primary N) is 1. The van der Waals surface area contributed by atoms with Gasteiger partial charge in [-0.15, -0.1) is 11.3 Å². The van der Waals surface area contributed by atoms with E-state index in [-0.39, 0.29) is 24.3 Å². The highest BCUT2D eigenvalue weighted by molar-refractivity contribution is 7.18. The van der Waals surface area contributed by atoms with Crippen LogP contribution in [0.4, 0.5) is 4.79 Å². The molecule has 2 heterocycles. The van der Waals surface area contributed by atoms with E-state index in [9.17, 15) is 14.4 Å². The lowest BCUT2D eigenvalue weighted by atomic mass is 9.63. The Balaban J connectivity index is 1.48. The van der Waals surface area contributed by atoms with Gasteiger partial charge in [0.1, 0.15) is 10.5 Å². The number of carbonyl (C=O) groups is 3. The molecule has 264 valence electrons. The Morgan fingerprint density at radius 3 is 2.24 bits per heavy atom. The Morgan fingerprint density at radius 1 is 0.980 bits per heavy atom. The van der Waals surface area contributed by atoms with E-state index in [1.165, 1.54) is 17.8 Å². The number of nitrogens with one attached hydrogen (secondary N) is 1. The second kappa shape index (κ2) is 15.9. The van der Waals surface area contributed by atoms with Crippen molar-refractivity contribution in [2.24, 2.45) is 17.1 Å². The SMILES string of the molecule is CC(C)(C)OC(=O)NCCCOc1c(C(=O)N2CCC(C(N)=O)(C3CCCCC3)CC2)sc(-c2ccc(Cl)cc2Cl)c1-c1ccc(Cl)cc1. The summed E-state index contributed by atoms with van der Waals surface area (Å²) in [5.41, 5.74) is 7.09. The molecule has 2 fully saturated rings. The second-order valence-corrected chi connectivity index (χ2v) is 16.2. The zero-order valence-corrected chi connectivity index (χ0v) is 31.3. The van der Waals surface area contributed by atoms with Gasteiger partial charge < -0.3 is 25.4 Å². The first-order valence-corrected chi connectivity index (χ1v) is 18.8. The Bertz CT molecular complexity index is 1660. The fourth-order valence-electron chi connectivity index (χ4n) is 6.95. The maximum atomic E-state index is 14.5. The van der Waals surface area contributed by atoms with Gasteiger partial charge in [-0.05, 0) is 88.6 Å². The number of hydrogen-bond acceptors (Lipinski definition) is 6. The van der Waals surface area contributed by atoms with Crippen LogP contribution < -0.4 is 15.8 Å². The van der Waals surface area contributed by atoms with Gasteiger partial charge in [-0.25, -0.2) is 4.79 Å². The van der Waals surface area contributed by atoms with Gasteiger partial charge >= 0.3 is 6.09 Å². The van der Waals surface area contributed by atoms with Crippen LogP contribution in [0, 0.1) is 11.3 Å². The first kappa shape index (κ1) is 37.3. The van der Waals surface area contributed by atoms with Crippen molar-refractivity contribution in [1.29, 1.82) is 0 Å². The van der Waals surface area contributed by atoms with Crippen LogP contribution in [-0.4, -0.2) is 54.6 Å². The molecule has 1 saturated heterocycles. The Labute approximate surface area is 307 Å². The van der Waals surface area contributed by atoms with Crippen LogP contribution >= 0.6 is 46.1 Å². The standard InChI is InChI=1S/C37H44Cl3N3O5S/c1-36(2,3)48-35(46)42-18-7-21-47-30-29(23-10-12-25(38)13-11-23)31(27-15-14-26(39)22-28(27)40)49-32(30)33(44)43-19-16-37(17-20-43,34(41)45)24-8-5-4-6-9-24/h10-15,22,24H,4-9,16-21H2,1-3H3,(H2,41,45)(H,42,46). The molecule has 0 unspecified atom stereocenters. The van der Waals surface area contributed by atoms with Crippen LogP contribution in [0.3, 0.4) is 0 Å². The largest absolute Gasteiger partial charge is 0.491 e. The van der Waals surface area contributed by atoms with Gasteiger partial charge in [-0.2, -0.15) is 0 Å². The molecule has 1 aliphatic heterocycles. The van der Waals surface area contributed by atoms with Gasteiger partial charge in [0.25, 0.3) is 5.91 Å². The molecule has 0 spiro atoms. The highest BCUT2D eigenvalue weighted by Crippen LogP contribution is 2.51. The fraction of sp³-hybridized carbons (Fsp3) is 0.486. The number of likely N-dealkylation sites (tertiary alicyclic amines) is 1. The molecule has 1 aliphatic carbocycles. The normalized spacial score (nSPS) is 16.7. The van der Waals surface area contributed by atoms with Crippen LogP contribution in [-0.2, 0) is 9.53 Å². The van der Waals surface area contributed by atoms with Gasteiger partial charge in [0.15, 0.2) is 5.75 Å². The average Bonchev–Trinajstić information content (AvgIpc) is 3.43. The van der Waals surface area contributed by atoms with E-state index in [0.29, 0.717) is 75.7 Å². The second-order valence-electron chi connectivity index (χ2n) is 13.9. The van der Waals surface area contributed by atoms with Crippen molar-refractivity contribution in [2.75, 3.05) is 26.2 Å². The molecular weight excluding hydrogens is 705 g/mol. The molecule has 49 heavy (non-hydrogen) atoms. The summed E-state index contributed by atoms with van der Waals surface area (Å²) in [6.45, 7) is 6.79. The van der Waals surface area contributed by atoms with Crippen molar-refractivity contribution < 1.29 is 23.9 Å². The number of primary amides is 1. The highest BCUT2D eigenvalue weighted by Gasteiger charge is 2.47. The molecule has 12 heteroatoms. The summed E-state index contributed by atoms with van der Waals surface area (Å²) >= 11 is 20.6. The van der Waals surface area contributed by atoms with E-state index in [4.69, 9.17) is 50.0 Å². The number of carbonyl (C=O) groups excluding carboxylic acids is 3. The van der Waals surface area contributed by atoms with Gasteiger partial charge in [-0.3, -0.25) is 9.59 Å². The number of ether oxygens (including phenoxy) is 2. The van der Waals surface area contributed by atoms with E-state index >= 15 is 0 Å². The first-order chi connectivity index (χ1) is 23.3. The molecule has 3 aromatic rings. The van der Waals surface area contributed by atoms with E-state index in [0.717, 1.165) is 36.1 Å². The first-order valence-electron chi connectivity index (χ1n) is 16.9. The lowest BCUT2D eigenvalue weighted by molar-refractivity contribution is -0.135. The number of alkyl carbamates (subject to hydrolysis) is 1. The zero-order valence-electron chi connectivity index (χ0n) is 28.2. The molecule has 3 amide bonds. The van der Waals surface area contributed by atoms with Gasteiger partial charge in [0.2, 0.25) is 5.91 Å². The summed E-state index contributed by atoms with van der Waals surface area (Å²) in [4.78, 5) is 42.6. The third-order valence-corrected chi connectivity index (χ3v) is 11.4. The van der Waals surface area contributed by atoms with E-state index in [2.05, 4.69) is 5.32 Å². The highest BCUT2D eigenvalue weighted by atomic mass is 35.5. The molecule has 0 radical (unpaired) electrons. The van der Waals surface area contributed by atoms with Crippen molar-refractivity contribution in [3.8, 4) is 27.3 Å². The number of hydrogen-bond donors (Lipinski definition) is 2. The Hall–Kier alpha value is -2.98. The van der Waals surface area contributed by atoms with Gasteiger partial charge in [-0.1, -0.05) is 72.3 Å². The van der Waals surface area contributed by atoms with Crippen molar-refractivity contribution in [3.63, 3.8) is 0 Å². The number of benzene rings is 2. The van der Waals surface area contributed by atoms with Crippen molar-refractivity contribution in [1.82, 2.24) is 10.2 Å². The number of rotatable bonds is 10. The van der Waals surface area contributed by atoms with Crippen molar-refractivity contribution >= 4 is 64.0 Å². The lowest BCUT2D eigenvalue weighted by Gasteiger charge is -2.45. The van der Waals surface area contributed by atoms with Gasteiger partial charge in [0.05, 0.1) is 17.0 Å². The summed E-state index contributed by atoms with van der Waals surface area (Å²) in [6.07, 6.45) is 6.43. The Kier molecular flexibility index (Phi) is 12.1. The number of amides is 3. The van der Waals surface area contributed by atoms with Crippen molar-refractivity contribution in [2.45, 2.75) is 77.7 Å². The van der Waals surface area contributed by atoms with Crippen LogP contribution in [0.25, 0.3) is 21.6 Å². The quantitative estimate of drug-likeness (QED) is 0.201. The number of piperidine rings is 1. The summed E-state index contributed by atoms with van der Waals surface area (Å²) in [5.74, 6) is 0.243. The topological polar surface area (TPSA) is 111 Å². The maximum absolute atomic E-state index is 14.5. The minimum absolute atomic E-state index is 0.180. The van der Waals surface area contributed by atoms with E-state index < -0.39 is 17.1 Å². The number of halogens is 3. The smallest absolute Gasteiger partial charge is 0.407 e. The van der Waals surface area contributed by atoms with Crippen LogP contribution in [0.5, 0.6) is 5.75 Å². The molecular formula is C37H44Cl3N3O5S. The third kappa shape index (κ3) is 8.85. The molecule has 1 aromatic heterocycles. The average molecular weight is 749 g/mol. The third-order valence-electron chi connectivity index (χ3n) is 9.42. The maximum Gasteiger partial charge on any atom is 0.407 e. The van der Waals surface area contributed by atoms with E-state index in [1.54, 1.807) is 45.0 Å². The molecule has 3 N–H and O–H groups in total. The predicted octanol–water partition coefficient (Wildman–Crippen LogP) is 9.62. The fourth-order valence-corrected chi connectivity index (χ4v) is 8.91. The summed E-state index contributed by atoms with van der Waals surface area (Å²) in [7, 11) is 0. The van der Waals surface area contributed by atoms with Crippen LogP contribution in [0.15, 0.2) is 42.5 Å². The summed E-state index contributed by atoms with van der Waals surface area (Å²) in [6, 6.07) is 12.6. The zero-order chi connectivity index (χ0) is 35.3. The minimum Gasteiger partial charge on any atom is -0.491 e. The minimum atomic E-state index is -0.610. The summed E-state index contributed by atoms with van der Waals surface area (Å²) < 4.78 is 11.8. The number of nitrogens with zero attached hydrogens (tertiary/aromatic N) is 1.